The second-order valence-corrected chi connectivity index (χ2v) is 0.656. The van der Waals surface area contributed by atoms with E-state index in [4.69, 9.17) is 0 Å². The SMILES string of the molecule is [H-].[Li+].c1cn[nH]n1. The van der Waals surface area contributed by atoms with Gasteiger partial charge in [-0.05, 0) is 0 Å². The number of hydrogen-bond donors (Lipinski definition) is 1. The fraction of sp³-hybridized carbons (Fsp3) is 0. The minimum Gasteiger partial charge on any atom is -1.00 e. The molecule has 3 nitrogen and oxygen atoms in total. The third-order valence-electron chi connectivity index (χ3n) is 0.331. The minimum atomic E-state index is 0. The van der Waals surface area contributed by atoms with E-state index in [0.29, 0.717) is 0 Å². The summed E-state index contributed by atoms with van der Waals surface area (Å²) in [7, 11) is 0. The maximum atomic E-state index is 3.49. The van der Waals surface area contributed by atoms with Crippen LogP contribution in [0.25, 0.3) is 0 Å². The van der Waals surface area contributed by atoms with Crippen molar-refractivity contribution in [2.45, 2.75) is 0 Å². The predicted octanol–water partition coefficient (Wildman–Crippen LogP) is -3.08. The maximum Gasteiger partial charge on any atom is 1.00 e. The van der Waals surface area contributed by atoms with Gasteiger partial charge in [-0.3, -0.25) is 0 Å². The molecule has 0 radical (unpaired) electrons. The molecule has 0 aromatic carbocycles. The van der Waals surface area contributed by atoms with Crippen molar-refractivity contribution < 1.29 is 20.3 Å². The molecule has 1 heterocycles. The van der Waals surface area contributed by atoms with Gasteiger partial charge in [-0.1, -0.05) is 0 Å². The van der Waals surface area contributed by atoms with E-state index in [1.165, 1.54) is 0 Å². The number of nitrogens with one attached hydrogen (secondary N) is 1. The van der Waals surface area contributed by atoms with E-state index in [9.17, 15) is 0 Å². The smallest absolute Gasteiger partial charge is 1.00 e. The molecular weight excluding hydrogens is 73.0 g/mol. The van der Waals surface area contributed by atoms with Crippen molar-refractivity contribution in [1.29, 1.82) is 0 Å². The van der Waals surface area contributed by atoms with Gasteiger partial charge in [-0.25, -0.2) is 0 Å². The molecular formula is C2H4LiN3. The number of nitrogens with zero attached hydrogens (tertiary/aromatic N) is 2. The molecule has 0 bridgehead atoms. The Labute approximate surface area is 48.8 Å². The second-order valence-electron chi connectivity index (χ2n) is 0.656. The molecule has 0 amide bonds. The average molecular weight is 77.0 g/mol. The molecule has 0 aliphatic rings. The first-order valence-corrected chi connectivity index (χ1v) is 1.30. The van der Waals surface area contributed by atoms with Gasteiger partial charge in [-0.15, -0.1) is 0 Å². The van der Waals surface area contributed by atoms with E-state index in [2.05, 4.69) is 15.4 Å². The number of hydrogen-bond acceptors (Lipinski definition) is 2. The molecule has 0 atom stereocenters. The third-order valence-corrected chi connectivity index (χ3v) is 0.331. The van der Waals surface area contributed by atoms with Crippen molar-refractivity contribution in [3.8, 4) is 0 Å². The maximum absolute atomic E-state index is 3.49. The van der Waals surface area contributed by atoms with E-state index in [1.807, 2.05) is 0 Å². The van der Waals surface area contributed by atoms with E-state index in [1.54, 1.807) is 12.4 Å². The third kappa shape index (κ3) is 1.25. The number of aromatic nitrogens is 3. The first-order valence-electron chi connectivity index (χ1n) is 1.30. The number of H-pyrrole nitrogens is 1. The van der Waals surface area contributed by atoms with Crippen LogP contribution >= 0.6 is 0 Å². The van der Waals surface area contributed by atoms with Crippen molar-refractivity contribution >= 4 is 0 Å². The van der Waals surface area contributed by atoms with Crippen molar-refractivity contribution in [3.05, 3.63) is 12.4 Å². The van der Waals surface area contributed by atoms with Gasteiger partial charge in [0.25, 0.3) is 0 Å². The summed E-state index contributed by atoms with van der Waals surface area (Å²) < 4.78 is 0. The van der Waals surface area contributed by atoms with Crippen LogP contribution in [0.5, 0.6) is 0 Å². The summed E-state index contributed by atoms with van der Waals surface area (Å²) in [5, 5.41) is 9.33. The summed E-state index contributed by atoms with van der Waals surface area (Å²) in [5.74, 6) is 0. The molecule has 0 aliphatic carbocycles. The molecule has 0 fully saturated rings. The predicted molar refractivity (Wildman–Crippen MR) is 17.5 cm³/mol. The van der Waals surface area contributed by atoms with Crippen molar-refractivity contribution in [3.63, 3.8) is 0 Å². The molecule has 0 saturated carbocycles. The Morgan fingerprint density at radius 2 is 1.83 bits per heavy atom. The largest absolute Gasteiger partial charge is 1.00 e. The van der Waals surface area contributed by atoms with Crippen LogP contribution in [-0.2, 0) is 0 Å². The summed E-state index contributed by atoms with van der Waals surface area (Å²) in [6.07, 6.45) is 3.17. The Bertz CT molecular complexity index is 69.4. The summed E-state index contributed by atoms with van der Waals surface area (Å²) in [6.45, 7) is 0. The zero-order chi connectivity index (χ0) is 3.54. The molecule has 0 unspecified atom stereocenters. The van der Waals surface area contributed by atoms with Crippen LogP contribution in [-0.4, -0.2) is 15.4 Å². The zero-order valence-corrected chi connectivity index (χ0v) is 3.55. The van der Waals surface area contributed by atoms with Gasteiger partial charge in [0.1, 0.15) is 0 Å². The van der Waals surface area contributed by atoms with Gasteiger partial charge in [0.15, 0.2) is 0 Å². The first-order chi connectivity index (χ1) is 2.50. The second kappa shape index (κ2) is 2.95. The molecule has 1 rings (SSSR count). The fourth-order valence-electron chi connectivity index (χ4n) is 0.167. The topological polar surface area (TPSA) is 41.6 Å². The van der Waals surface area contributed by atoms with Crippen molar-refractivity contribution in [2.24, 2.45) is 0 Å². The van der Waals surface area contributed by atoms with Crippen LogP contribution in [0.4, 0.5) is 0 Å². The Morgan fingerprint density at radius 3 is 2.00 bits per heavy atom. The van der Waals surface area contributed by atoms with Crippen LogP contribution in [0.1, 0.15) is 1.43 Å². The van der Waals surface area contributed by atoms with Gasteiger partial charge in [0.2, 0.25) is 0 Å². The summed E-state index contributed by atoms with van der Waals surface area (Å²) >= 11 is 0. The molecule has 4 heteroatoms. The number of aromatic amines is 1. The summed E-state index contributed by atoms with van der Waals surface area (Å²) in [6, 6.07) is 0. The van der Waals surface area contributed by atoms with Crippen LogP contribution in [0.15, 0.2) is 12.4 Å². The van der Waals surface area contributed by atoms with Crippen LogP contribution < -0.4 is 18.9 Å². The Hall–Kier alpha value is -0.263. The Morgan fingerprint density at radius 1 is 1.33 bits per heavy atom. The Kier molecular flexibility index (Phi) is 2.82. The molecule has 1 aromatic rings. The Balaban J connectivity index is 0. The molecule has 0 aliphatic heterocycles. The van der Waals surface area contributed by atoms with Gasteiger partial charge < -0.3 is 1.43 Å². The van der Waals surface area contributed by atoms with E-state index < -0.39 is 0 Å². The molecule has 1 aromatic heterocycles. The minimum absolute atomic E-state index is 0. The molecule has 1 N–H and O–H groups in total. The van der Waals surface area contributed by atoms with Gasteiger partial charge in [0, 0.05) is 0 Å². The van der Waals surface area contributed by atoms with Gasteiger partial charge in [0.05, 0.1) is 12.4 Å². The normalized spacial score (nSPS) is 6.67. The van der Waals surface area contributed by atoms with Crippen molar-refractivity contribution in [1.82, 2.24) is 15.4 Å². The molecule has 0 spiro atoms. The van der Waals surface area contributed by atoms with E-state index in [0.717, 1.165) is 0 Å². The average Bonchev–Trinajstić information content (AvgIpc) is 1.76. The monoisotopic (exact) mass is 77.1 g/mol. The standard InChI is InChI=1S/C2H3N3.Li.H/c1-2-4-5-3-1;;/h1-2H,(H,3,4,5);;/q;+1;-1. The van der Waals surface area contributed by atoms with Crippen LogP contribution in [0.2, 0.25) is 0 Å². The molecule has 6 heavy (non-hydrogen) atoms. The molecule has 0 saturated heterocycles. The van der Waals surface area contributed by atoms with Crippen molar-refractivity contribution in [2.75, 3.05) is 0 Å². The first kappa shape index (κ1) is 5.74. The fourth-order valence-corrected chi connectivity index (χ4v) is 0.167. The van der Waals surface area contributed by atoms with Gasteiger partial charge in [-0.2, -0.15) is 15.4 Å². The van der Waals surface area contributed by atoms with Crippen LogP contribution in [0, 0.1) is 0 Å². The summed E-state index contributed by atoms with van der Waals surface area (Å²) in [4.78, 5) is 0. The van der Waals surface area contributed by atoms with Gasteiger partial charge >= 0.3 is 18.9 Å². The van der Waals surface area contributed by atoms with E-state index >= 15 is 0 Å². The van der Waals surface area contributed by atoms with E-state index in [-0.39, 0.29) is 20.3 Å². The molecule has 28 valence electrons. The summed E-state index contributed by atoms with van der Waals surface area (Å²) in [5.41, 5.74) is 0. The van der Waals surface area contributed by atoms with Crippen LogP contribution in [0.3, 0.4) is 0 Å². The zero-order valence-electron chi connectivity index (χ0n) is 4.55. The quantitative estimate of drug-likeness (QED) is 0.334. The number of rotatable bonds is 0.